The molecule has 0 atom stereocenters. The Hall–Kier alpha value is -1.30. The molecular formula is C16H21N3. The lowest BCUT2D eigenvalue weighted by atomic mass is 9.54. The second kappa shape index (κ2) is 4.10. The number of aromatic nitrogens is 2. The van der Waals surface area contributed by atoms with Crippen LogP contribution in [0.4, 0.5) is 0 Å². The summed E-state index contributed by atoms with van der Waals surface area (Å²) in [7, 11) is 0. The minimum atomic E-state index is 0.446. The van der Waals surface area contributed by atoms with E-state index in [1.807, 2.05) is 0 Å². The zero-order chi connectivity index (χ0) is 13.0. The number of hydrogen-bond acceptors (Lipinski definition) is 2. The Kier molecular flexibility index (Phi) is 2.48. The third-order valence-corrected chi connectivity index (χ3v) is 5.69. The average Bonchev–Trinajstić information content (AvgIpc) is 2.69. The van der Waals surface area contributed by atoms with Crippen LogP contribution in [-0.4, -0.2) is 9.78 Å². The van der Waals surface area contributed by atoms with Gasteiger partial charge in [-0.3, -0.25) is 4.68 Å². The fourth-order valence-electron chi connectivity index (χ4n) is 5.32. The summed E-state index contributed by atoms with van der Waals surface area (Å²) in [5.74, 6) is 3.72. The van der Waals surface area contributed by atoms with Gasteiger partial charge in [0.1, 0.15) is 0 Å². The Bertz CT molecular complexity index is 509. The van der Waals surface area contributed by atoms with E-state index in [9.17, 15) is 0 Å². The van der Waals surface area contributed by atoms with Gasteiger partial charge in [0.05, 0.1) is 24.2 Å². The van der Waals surface area contributed by atoms with Crippen molar-refractivity contribution in [3.63, 3.8) is 0 Å². The maximum atomic E-state index is 8.83. The van der Waals surface area contributed by atoms with Crippen molar-refractivity contribution in [2.45, 2.75) is 51.5 Å². The smallest absolute Gasteiger partial charge is 0.0793 e. The largest absolute Gasteiger partial charge is 0.266 e. The van der Waals surface area contributed by atoms with Crippen LogP contribution in [0.5, 0.6) is 0 Å². The molecule has 4 fully saturated rings. The van der Waals surface area contributed by atoms with Gasteiger partial charge in [0.15, 0.2) is 0 Å². The van der Waals surface area contributed by atoms with E-state index in [-0.39, 0.29) is 0 Å². The van der Waals surface area contributed by atoms with E-state index in [0.717, 1.165) is 29.4 Å². The van der Waals surface area contributed by atoms with Gasteiger partial charge in [-0.15, -0.1) is 0 Å². The van der Waals surface area contributed by atoms with Crippen molar-refractivity contribution in [3.8, 4) is 6.07 Å². The molecule has 4 aliphatic carbocycles. The van der Waals surface area contributed by atoms with Crippen molar-refractivity contribution < 1.29 is 0 Å². The molecule has 3 nitrogen and oxygen atoms in total. The van der Waals surface area contributed by atoms with Crippen molar-refractivity contribution in [2.24, 2.45) is 23.7 Å². The van der Waals surface area contributed by atoms with Crippen LogP contribution in [0, 0.1) is 41.9 Å². The fraction of sp³-hybridized carbons (Fsp3) is 0.750. The van der Waals surface area contributed by atoms with Gasteiger partial charge in [-0.05, 0) is 68.8 Å². The van der Waals surface area contributed by atoms with Crippen LogP contribution in [-0.2, 0) is 6.42 Å². The van der Waals surface area contributed by atoms with E-state index >= 15 is 0 Å². The van der Waals surface area contributed by atoms with E-state index in [2.05, 4.69) is 23.7 Å². The Labute approximate surface area is 114 Å². The molecule has 0 N–H and O–H groups in total. The molecule has 4 aliphatic rings. The highest BCUT2D eigenvalue weighted by atomic mass is 15.3. The maximum absolute atomic E-state index is 8.83. The molecule has 0 unspecified atom stereocenters. The number of nitriles is 1. The van der Waals surface area contributed by atoms with Gasteiger partial charge in [0, 0.05) is 5.69 Å². The molecule has 1 heterocycles. The lowest BCUT2D eigenvalue weighted by Crippen LogP contribution is -2.46. The second-order valence-electron chi connectivity index (χ2n) is 6.98. The summed E-state index contributed by atoms with van der Waals surface area (Å²) in [6.45, 7) is 2.15. The fourth-order valence-corrected chi connectivity index (χ4v) is 5.32. The maximum Gasteiger partial charge on any atom is 0.0793 e. The summed E-state index contributed by atoms with van der Waals surface area (Å²) in [4.78, 5) is 0. The van der Waals surface area contributed by atoms with Gasteiger partial charge >= 0.3 is 0 Å². The quantitative estimate of drug-likeness (QED) is 0.814. The van der Waals surface area contributed by atoms with Crippen LogP contribution in [0.3, 0.4) is 0 Å². The van der Waals surface area contributed by atoms with E-state index < -0.39 is 0 Å². The minimum Gasteiger partial charge on any atom is -0.266 e. The molecule has 4 bridgehead atoms. The standard InChI is InChI=1S/C16H21N3/c1-10-4-15(2-3-17)18-19(10)16-13-6-11-5-12(8-13)9-14(16)7-11/h4,11-14,16H,2,5-9H2,1H3. The SMILES string of the molecule is Cc1cc(CC#N)nn1C1C2CC3CC(C2)CC1C3. The van der Waals surface area contributed by atoms with Crippen molar-refractivity contribution in [2.75, 3.05) is 0 Å². The first kappa shape index (κ1) is 11.5. The first-order valence-electron chi connectivity index (χ1n) is 7.66. The van der Waals surface area contributed by atoms with Crippen LogP contribution < -0.4 is 0 Å². The predicted octanol–water partition coefficient (Wildman–Crippen LogP) is 3.25. The molecule has 0 saturated heterocycles. The number of aryl methyl sites for hydroxylation is 1. The molecule has 5 rings (SSSR count). The topological polar surface area (TPSA) is 41.6 Å². The van der Waals surface area contributed by atoms with Gasteiger partial charge in [-0.1, -0.05) is 0 Å². The molecule has 4 saturated carbocycles. The molecule has 0 amide bonds. The van der Waals surface area contributed by atoms with Crippen molar-refractivity contribution in [1.29, 1.82) is 5.26 Å². The molecule has 0 aliphatic heterocycles. The summed E-state index contributed by atoms with van der Waals surface area (Å²) in [6, 6.07) is 4.95. The Morgan fingerprint density at radius 1 is 1.21 bits per heavy atom. The first-order valence-corrected chi connectivity index (χ1v) is 7.66. The minimum absolute atomic E-state index is 0.446. The summed E-state index contributed by atoms with van der Waals surface area (Å²) < 4.78 is 2.28. The zero-order valence-corrected chi connectivity index (χ0v) is 11.5. The lowest BCUT2D eigenvalue weighted by molar-refractivity contribution is -0.0344. The van der Waals surface area contributed by atoms with E-state index in [1.54, 1.807) is 0 Å². The number of nitrogens with zero attached hydrogens (tertiary/aromatic N) is 3. The molecule has 0 radical (unpaired) electrons. The van der Waals surface area contributed by atoms with E-state index in [4.69, 9.17) is 10.4 Å². The second-order valence-corrected chi connectivity index (χ2v) is 6.98. The molecule has 100 valence electrons. The third-order valence-electron chi connectivity index (χ3n) is 5.69. The molecule has 3 heteroatoms. The van der Waals surface area contributed by atoms with E-state index in [0.29, 0.717) is 12.5 Å². The Balaban J connectivity index is 1.67. The number of rotatable bonds is 2. The predicted molar refractivity (Wildman–Crippen MR) is 72.4 cm³/mol. The molecule has 0 spiro atoms. The van der Waals surface area contributed by atoms with Crippen LogP contribution in [0.25, 0.3) is 0 Å². The van der Waals surface area contributed by atoms with Gasteiger partial charge in [-0.25, -0.2) is 0 Å². The van der Waals surface area contributed by atoms with Gasteiger partial charge in [0.2, 0.25) is 0 Å². The van der Waals surface area contributed by atoms with Crippen LogP contribution in [0.15, 0.2) is 6.07 Å². The van der Waals surface area contributed by atoms with Gasteiger partial charge < -0.3 is 0 Å². The highest BCUT2D eigenvalue weighted by Gasteiger charge is 2.49. The summed E-state index contributed by atoms with van der Waals surface area (Å²) in [6.07, 6.45) is 7.63. The highest BCUT2D eigenvalue weighted by Crippen LogP contribution is 2.58. The molecule has 19 heavy (non-hydrogen) atoms. The summed E-state index contributed by atoms with van der Waals surface area (Å²) in [5, 5.41) is 13.6. The summed E-state index contributed by atoms with van der Waals surface area (Å²) in [5.41, 5.74) is 2.21. The monoisotopic (exact) mass is 255 g/mol. The lowest BCUT2D eigenvalue weighted by Gasteiger charge is -2.54. The molecule has 1 aromatic heterocycles. The van der Waals surface area contributed by atoms with Crippen LogP contribution in [0.1, 0.15) is 49.5 Å². The van der Waals surface area contributed by atoms with E-state index in [1.165, 1.54) is 37.8 Å². The average molecular weight is 255 g/mol. The van der Waals surface area contributed by atoms with Crippen molar-refractivity contribution in [3.05, 3.63) is 17.5 Å². The van der Waals surface area contributed by atoms with Crippen LogP contribution in [0.2, 0.25) is 0 Å². The normalized spacial score (nSPS) is 39.5. The van der Waals surface area contributed by atoms with Crippen LogP contribution >= 0.6 is 0 Å². The summed E-state index contributed by atoms with van der Waals surface area (Å²) >= 11 is 0. The molecule has 0 aromatic carbocycles. The highest BCUT2D eigenvalue weighted by molar-refractivity contribution is 5.14. The van der Waals surface area contributed by atoms with Crippen molar-refractivity contribution >= 4 is 0 Å². The Morgan fingerprint density at radius 2 is 1.84 bits per heavy atom. The zero-order valence-electron chi connectivity index (χ0n) is 11.5. The van der Waals surface area contributed by atoms with Gasteiger partial charge in [-0.2, -0.15) is 10.4 Å². The van der Waals surface area contributed by atoms with Gasteiger partial charge in [0.25, 0.3) is 0 Å². The molecule has 1 aromatic rings. The molecular weight excluding hydrogens is 234 g/mol. The number of hydrogen-bond donors (Lipinski definition) is 0. The Morgan fingerprint density at radius 3 is 2.42 bits per heavy atom. The van der Waals surface area contributed by atoms with Crippen molar-refractivity contribution in [1.82, 2.24) is 9.78 Å². The first-order chi connectivity index (χ1) is 9.24. The third kappa shape index (κ3) is 1.73.